The number of methoxy groups -OCH3 is 4. The Hall–Kier alpha value is -4.98. The van der Waals surface area contributed by atoms with E-state index in [1.54, 1.807) is 24.3 Å². The summed E-state index contributed by atoms with van der Waals surface area (Å²) in [6.45, 7) is 3.10. The van der Waals surface area contributed by atoms with E-state index >= 15 is 0 Å². The van der Waals surface area contributed by atoms with Gasteiger partial charge in [-0.3, -0.25) is 14.9 Å². The van der Waals surface area contributed by atoms with Gasteiger partial charge in [-0.15, -0.1) is 20.5 Å². The Kier molecular flexibility index (Phi) is 11.6. The highest BCUT2D eigenvalue weighted by atomic mass is 35.5. The van der Waals surface area contributed by atoms with Crippen LogP contribution in [0.5, 0.6) is 23.0 Å². The number of ether oxygens (including phenoxy) is 4. The van der Waals surface area contributed by atoms with Crippen molar-refractivity contribution in [2.24, 2.45) is 20.5 Å². The largest absolute Gasteiger partial charge is 0.494 e. The fraction of sp³-hybridized carbons (Fsp3) is 0.321. The quantitative estimate of drug-likeness (QED) is 0.102. The molecule has 14 nitrogen and oxygen atoms in total. The number of nitro groups is 1. The molecule has 3 aromatic rings. The monoisotopic (exact) mass is 614 g/mol. The van der Waals surface area contributed by atoms with Crippen LogP contribution >= 0.6 is 11.6 Å². The number of anilines is 1. The second-order valence-electron chi connectivity index (χ2n) is 8.76. The molecule has 0 atom stereocenters. The molecule has 0 saturated carbocycles. The number of azo groups is 2. The van der Waals surface area contributed by atoms with Gasteiger partial charge in [-0.05, 0) is 19.4 Å². The van der Waals surface area contributed by atoms with Crippen LogP contribution in [0.15, 0.2) is 62.9 Å². The number of nitrogens with zero attached hydrogens (tertiary/aromatic N) is 6. The van der Waals surface area contributed by atoms with Crippen LogP contribution in [0.4, 0.5) is 34.1 Å². The number of benzene rings is 3. The minimum atomic E-state index is -0.853. The van der Waals surface area contributed by atoms with Crippen LogP contribution in [0.2, 0.25) is 5.02 Å². The Morgan fingerprint density at radius 1 is 0.837 bits per heavy atom. The van der Waals surface area contributed by atoms with E-state index in [9.17, 15) is 14.9 Å². The lowest BCUT2D eigenvalue weighted by Crippen LogP contribution is -2.25. The van der Waals surface area contributed by atoms with Crippen LogP contribution in [0.25, 0.3) is 0 Å². The zero-order valence-electron chi connectivity index (χ0n) is 24.2. The van der Waals surface area contributed by atoms with Crippen LogP contribution in [-0.2, 0) is 4.79 Å². The maximum atomic E-state index is 11.0. The fourth-order valence-corrected chi connectivity index (χ4v) is 4.20. The standard InChI is InChI=1S/C28H31ClN6O8/c1-6-34(11-7-8-28(36)37)23-16-26(42-4)22(15-27(23)43-5)33-32-21-14-24(40-2)20(13-25(21)41-3)31-30-19-10-9-17(35(38)39)12-18(19)29/h9-10,12-16H,6-8,11H2,1-5H3,(H,36,37). The molecule has 0 aliphatic heterocycles. The first-order chi connectivity index (χ1) is 20.6. The number of carboxylic acid groups (broad SMARTS) is 1. The second-order valence-corrected chi connectivity index (χ2v) is 9.17. The van der Waals surface area contributed by atoms with Gasteiger partial charge in [-0.25, -0.2) is 0 Å². The summed E-state index contributed by atoms with van der Waals surface area (Å²) in [5, 5.41) is 37.0. The summed E-state index contributed by atoms with van der Waals surface area (Å²) in [5.74, 6) is 0.695. The third kappa shape index (κ3) is 8.29. The van der Waals surface area contributed by atoms with E-state index < -0.39 is 10.9 Å². The topological polar surface area (TPSA) is 170 Å². The molecule has 3 rings (SSSR count). The van der Waals surface area contributed by atoms with Gasteiger partial charge in [0.15, 0.2) is 0 Å². The first-order valence-electron chi connectivity index (χ1n) is 12.9. The Labute approximate surface area is 252 Å². The Morgan fingerprint density at radius 3 is 1.77 bits per heavy atom. The third-order valence-corrected chi connectivity index (χ3v) is 6.48. The normalized spacial score (nSPS) is 11.1. The van der Waals surface area contributed by atoms with Crippen molar-refractivity contribution in [1.29, 1.82) is 0 Å². The molecule has 43 heavy (non-hydrogen) atoms. The zero-order chi connectivity index (χ0) is 31.5. The SMILES string of the molecule is CCN(CCCC(=O)O)c1cc(OC)c(N=Nc2cc(OC)c(N=Nc3ccc([N+](=O)[O-])cc3Cl)cc2OC)cc1OC. The van der Waals surface area contributed by atoms with E-state index in [0.29, 0.717) is 59.6 Å². The smallest absolute Gasteiger partial charge is 0.303 e. The summed E-state index contributed by atoms with van der Waals surface area (Å²) < 4.78 is 22.1. The molecule has 228 valence electrons. The number of hydrogen-bond donors (Lipinski definition) is 1. The van der Waals surface area contributed by atoms with Crippen molar-refractivity contribution in [3.63, 3.8) is 0 Å². The van der Waals surface area contributed by atoms with Gasteiger partial charge in [0.2, 0.25) is 0 Å². The predicted octanol–water partition coefficient (Wildman–Crippen LogP) is 7.80. The van der Waals surface area contributed by atoms with E-state index in [-0.39, 0.29) is 22.8 Å². The minimum absolute atomic E-state index is 0.0541. The summed E-state index contributed by atoms with van der Waals surface area (Å²) in [4.78, 5) is 23.4. The van der Waals surface area contributed by atoms with Crippen molar-refractivity contribution < 1.29 is 33.8 Å². The highest BCUT2D eigenvalue weighted by Gasteiger charge is 2.18. The van der Waals surface area contributed by atoms with Crippen molar-refractivity contribution in [3.05, 3.63) is 57.6 Å². The van der Waals surface area contributed by atoms with Gasteiger partial charge in [0.1, 0.15) is 45.7 Å². The molecule has 1 N–H and O–H groups in total. The molecule has 0 fully saturated rings. The third-order valence-electron chi connectivity index (χ3n) is 6.17. The van der Waals surface area contributed by atoms with Crippen LogP contribution in [0, 0.1) is 10.1 Å². The molecule has 15 heteroatoms. The summed E-state index contributed by atoms with van der Waals surface area (Å²) >= 11 is 6.13. The molecule has 0 radical (unpaired) electrons. The first kappa shape index (κ1) is 32.5. The highest BCUT2D eigenvalue weighted by molar-refractivity contribution is 6.33. The van der Waals surface area contributed by atoms with E-state index in [4.69, 9.17) is 35.7 Å². The maximum Gasteiger partial charge on any atom is 0.303 e. The average molecular weight is 615 g/mol. The molecule has 3 aromatic carbocycles. The fourth-order valence-electron chi connectivity index (χ4n) is 3.99. The van der Waals surface area contributed by atoms with E-state index in [0.717, 1.165) is 5.69 Å². The van der Waals surface area contributed by atoms with Crippen molar-refractivity contribution in [2.45, 2.75) is 19.8 Å². The van der Waals surface area contributed by atoms with Gasteiger partial charge in [0, 0.05) is 55.9 Å². The molecule has 0 aromatic heterocycles. The van der Waals surface area contributed by atoms with Gasteiger partial charge < -0.3 is 29.0 Å². The molecule has 0 unspecified atom stereocenters. The van der Waals surface area contributed by atoms with Crippen molar-refractivity contribution in [3.8, 4) is 23.0 Å². The highest BCUT2D eigenvalue weighted by Crippen LogP contribution is 2.44. The first-order valence-corrected chi connectivity index (χ1v) is 13.3. The molecule has 0 saturated heterocycles. The number of carboxylic acids is 1. The molecule has 0 aliphatic rings. The Bertz CT molecular complexity index is 1530. The van der Waals surface area contributed by atoms with Crippen LogP contribution in [0.1, 0.15) is 19.8 Å². The van der Waals surface area contributed by atoms with Crippen molar-refractivity contribution >= 4 is 51.7 Å². The summed E-state index contributed by atoms with van der Waals surface area (Å²) in [6, 6.07) is 10.4. The summed E-state index contributed by atoms with van der Waals surface area (Å²) in [7, 11) is 5.94. The molecule has 0 aliphatic carbocycles. The molecule has 0 amide bonds. The number of carbonyl (C=O) groups is 1. The number of nitro benzene ring substituents is 1. The van der Waals surface area contributed by atoms with Crippen LogP contribution in [0.3, 0.4) is 0 Å². The number of rotatable bonds is 15. The minimum Gasteiger partial charge on any atom is -0.494 e. The van der Waals surface area contributed by atoms with Gasteiger partial charge in [0.25, 0.3) is 5.69 Å². The van der Waals surface area contributed by atoms with Gasteiger partial charge in [-0.2, -0.15) is 0 Å². The Balaban J connectivity index is 1.95. The lowest BCUT2D eigenvalue weighted by molar-refractivity contribution is -0.384. The molecular formula is C28H31ClN6O8. The van der Waals surface area contributed by atoms with Gasteiger partial charge >= 0.3 is 5.97 Å². The van der Waals surface area contributed by atoms with Crippen molar-refractivity contribution in [1.82, 2.24) is 0 Å². The van der Waals surface area contributed by atoms with Gasteiger partial charge in [-0.1, -0.05) is 11.6 Å². The molecular weight excluding hydrogens is 584 g/mol. The molecule has 0 heterocycles. The van der Waals surface area contributed by atoms with E-state index in [1.807, 2.05) is 11.8 Å². The lowest BCUT2D eigenvalue weighted by Gasteiger charge is -2.25. The summed E-state index contributed by atoms with van der Waals surface area (Å²) in [5.41, 5.74) is 1.78. The summed E-state index contributed by atoms with van der Waals surface area (Å²) in [6.07, 6.45) is 0.521. The maximum absolute atomic E-state index is 11.0. The van der Waals surface area contributed by atoms with E-state index in [1.165, 1.54) is 46.6 Å². The van der Waals surface area contributed by atoms with Gasteiger partial charge in [0.05, 0.1) is 44.1 Å². The van der Waals surface area contributed by atoms with Crippen LogP contribution in [-0.4, -0.2) is 57.5 Å². The number of hydrogen-bond acceptors (Lipinski definition) is 12. The van der Waals surface area contributed by atoms with E-state index in [2.05, 4.69) is 20.5 Å². The predicted molar refractivity (Wildman–Crippen MR) is 160 cm³/mol. The van der Waals surface area contributed by atoms with Crippen molar-refractivity contribution in [2.75, 3.05) is 46.4 Å². The zero-order valence-corrected chi connectivity index (χ0v) is 25.0. The number of aliphatic carboxylic acids is 1. The molecule has 0 spiro atoms. The average Bonchev–Trinajstić information content (AvgIpc) is 3.00. The second kappa shape index (κ2) is 15.3. The lowest BCUT2D eigenvalue weighted by atomic mass is 10.2. The molecule has 0 bridgehead atoms. The Morgan fingerprint density at radius 2 is 1.33 bits per heavy atom. The van der Waals surface area contributed by atoms with Crippen LogP contribution < -0.4 is 23.8 Å². The number of non-ortho nitro benzene ring substituents is 1. The number of halogens is 1.